The van der Waals surface area contributed by atoms with E-state index in [9.17, 15) is 5.11 Å². The van der Waals surface area contributed by atoms with Gasteiger partial charge in [0.05, 0.1) is 11.7 Å². The van der Waals surface area contributed by atoms with Gasteiger partial charge in [0.2, 0.25) is 11.7 Å². The van der Waals surface area contributed by atoms with E-state index in [1.54, 1.807) is 6.20 Å². The van der Waals surface area contributed by atoms with Gasteiger partial charge >= 0.3 is 0 Å². The highest BCUT2D eigenvalue weighted by Crippen LogP contribution is 2.39. The van der Waals surface area contributed by atoms with Crippen molar-refractivity contribution in [3.8, 4) is 5.88 Å². The number of nitrogens with zero attached hydrogens (tertiary/aromatic N) is 5. The summed E-state index contributed by atoms with van der Waals surface area (Å²) in [5.41, 5.74) is 1.43. The molecule has 0 unspecified atom stereocenters. The Morgan fingerprint density at radius 2 is 1.74 bits per heavy atom. The van der Waals surface area contributed by atoms with Gasteiger partial charge in [-0.2, -0.15) is 5.10 Å². The first-order valence-electron chi connectivity index (χ1n) is 9.22. The molecule has 27 heavy (non-hydrogen) atoms. The molecule has 0 atom stereocenters. The zero-order valence-electron chi connectivity index (χ0n) is 15.2. The number of unbranched alkanes of at least 4 members (excludes halogenated alkanes) is 2. The van der Waals surface area contributed by atoms with E-state index in [-0.39, 0.29) is 5.88 Å². The molecule has 4 rings (SSSR count). The summed E-state index contributed by atoms with van der Waals surface area (Å²) in [6.45, 7) is 2.92. The molecule has 0 amide bonds. The number of rotatable bonds is 6. The molecule has 0 fully saturated rings. The Morgan fingerprint density at radius 1 is 0.963 bits per heavy atom. The third-order valence-corrected chi connectivity index (χ3v) is 4.70. The molecule has 0 saturated heterocycles. The predicted octanol–water partition coefficient (Wildman–Crippen LogP) is 5.90. The molecule has 136 valence electrons. The van der Waals surface area contributed by atoms with Crippen molar-refractivity contribution in [3.05, 3.63) is 54.7 Å². The molecule has 0 aliphatic rings. The van der Waals surface area contributed by atoms with Gasteiger partial charge in [-0.25, -0.2) is 0 Å². The molecular weight excluding hydrogens is 338 g/mol. The maximum Gasteiger partial charge on any atom is 0.220 e. The molecule has 0 aliphatic carbocycles. The van der Waals surface area contributed by atoms with Crippen molar-refractivity contribution < 1.29 is 5.11 Å². The van der Waals surface area contributed by atoms with E-state index in [0.29, 0.717) is 11.5 Å². The molecule has 0 bridgehead atoms. The topological polar surface area (TPSA) is 75.7 Å². The molecule has 0 aliphatic heterocycles. The van der Waals surface area contributed by atoms with Crippen molar-refractivity contribution in [2.45, 2.75) is 32.7 Å². The van der Waals surface area contributed by atoms with E-state index < -0.39 is 0 Å². The summed E-state index contributed by atoms with van der Waals surface area (Å²) < 4.78 is 1.91. The Morgan fingerprint density at radius 3 is 2.59 bits per heavy atom. The molecule has 2 heterocycles. The van der Waals surface area contributed by atoms with Gasteiger partial charge in [0.15, 0.2) is 5.69 Å². The second-order valence-corrected chi connectivity index (χ2v) is 6.50. The molecule has 2 aromatic heterocycles. The summed E-state index contributed by atoms with van der Waals surface area (Å²) in [5, 5.41) is 30.2. The van der Waals surface area contributed by atoms with Crippen LogP contribution >= 0.6 is 0 Å². The van der Waals surface area contributed by atoms with Gasteiger partial charge in [0.25, 0.3) is 0 Å². The first kappa shape index (κ1) is 17.1. The van der Waals surface area contributed by atoms with Gasteiger partial charge < -0.3 is 9.67 Å². The Balaban J connectivity index is 1.77. The lowest BCUT2D eigenvalue weighted by molar-refractivity contribution is 0.417. The van der Waals surface area contributed by atoms with Crippen molar-refractivity contribution >= 4 is 33.2 Å². The van der Waals surface area contributed by atoms with Crippen molar-refractivity contribution in [2.75, 3.05) is 0 Å². The molecule has 0 radical (unpaired) electrons. The third kappa shape index (κ3) is 3.26. The number of azo groups is 1. The number of aryl methyl sites for hydroxylation is 1. The normalized spacial score (nSPS) is 11.7. The second kappa shape index (κ2) is 7.53. The monoisotopic (exact) mass is 359 g/mol. The van der Waals surface area contributed by atoms with Crippen LogP contribution in [0.1, 0.15) is 26.2 Å². The molecule has 2 aromatic carbocycles. The highest BCUT2D eigenvalue weighted by Gasteiger charge is 2.16. The standard InChI is InChI=1S/C21H21N5O/c1-2-3-8-13-26-18-12-7-6-11-17(18)19(21(26)27)23-25-20-16-10-5-4-9-15(16)14-22-24-20/h4-7,9-12,14,27H,2-3,8,13H2,1H3. The SMILES string of the molecule is CCCCCn1c(O)c(N=Nc2nncc3ccccc23)c2ccccc21. The van der Waals surface area contributed by atoms with Crippen LogP contribution in [0.25, 0.3) is 21.7 Å². The lowest BCUT2D eigenvalue weighted by Crippen LogP contribution is -1.96. The van der Waals surface area contributed by atoms with Gasteiger partial charge in [-0.3, -0.25) is 0 Å². The third-order valence-electron chi connectivity index (χ3n) is 4.70. The van der Waals surface area contributed by atoms with Gasteiger partial charge in [-0.1, -0.05) is 62.2 Å². The van der Waals surface area contributed by atoms with Crippen molar-refractivity contribution in [2.24, 2.45) is 10.2 Å². The summed E-state index contributed by atoms with van der Waals surface area (Å²) in [5.74, 6) is 0.583. The zero-order chi connectivity index (χ0) is 18.6. The van der Waals surface area contributed by atoms with Crippen LogP contribution in [0.15, 0.2) is 65.0 Å². The second-order valence-electron chi connectivity index (χ2n) is 6.50. The number of benzene rings is 2. The zero-order valence-corrected chi connectivity index (χ0v) is 15.2. The van der Waals surface area contributed by atoms with Gasteiger partial charge in [-0.05, 0) is 12.5 Å². The smallest absolute Gasteiger partial charge is 0.220 e. The Hall–Kier alpha value is -3.28. The summed E-state index contributed by atoms with van der Waals surface area (Å²) in [6.07, 6.45) is 4.96. The molecule has 1 N–H and O–H groups in total. The van der Waals surface area contributed by atoms with E-state index in [4.69, 9.17) is 0 Å². The highest BCUT2D eigenvalue weighted by atomic mass is 16.3. The van der Waals surface area contributed by atoms with Crippen molar-refractivity contribution in [3.63, 3.8) is 0 Å². The van der Waals surface area contributed by atoms with Crippen molar-refractivity contribution in [1.29, 1.82) is 0 Å². The lowest BCUT2D eigenvalue weighted by atomic mass is 10.2. The summed E-state index contributed by atoms with van der Waals surface area (Å²) in [6, 6.07) is 15.6. The van der Waals surface area contributed by atoms with Crippen molar-refractivity contribution in [1.82, 2.24) is 14.8 Å². The van der Waals surface area contributed by atoms with Crippen LogP contribution < -0.4 is 0 Å². The number of aromatic hydroxyl groups is 1. The van der Waals surface area contributed by atoms with Crippen LogP contribution in [0.2, 0.25) is 0 Å². The van der Waals surface area contributed by atoms with E-state index >= 15 is 0 Å². The van der Waals surface area contributed by atoms with E-state index in [2.05, 4.69) is 27.3 Å². The predicted molar refractivity (Wildman–Crippen MR) is 107 cm³/mol. The Kier molecular flexibility index (Phi) is 4.78. The fraction of sp³-hybridized carbons (Fsp3) is 0.238. The molecule has 6 nitrogen and oxygen atoms in total. The number of para-hydroxylation sites is 1. The molecule has 0 spiro atoms. The van der Waals surface area contributed by atoms with Gasteiger partial charge in [0.1, 0.15) is 0 Å². The van der Waals surface area contributed by atoms with Crippen LogP contribution in [0.4, 0.5) is 11.5 Å². The maximum absolute atomic E-state index is 10.8. The number of fused-ring (bicyclic) bond motifs is 2. The fourth-order valence-corrected chi connectivity index (χ4v) is 3.30. The van der Waals surface area contributed by atoms with E-state index in [1.807, 2.05) is 53.1 Å². The maximum atomic E-state index is 10.8. The summed E-state index contributed by atoms with van der Waals surface area (Å²) in [4.78, 5) is 0. The first-order chi connectivity index (χ1) is 13.3. The summed E-state index contributed by atoms with van der Waals surface area (Å²) >= 11 is 0. The Labute approximate surface area is 157 Å². The largest absolute Gasteiger partial charge is 0.493 e. The van der Waals surface area contributed by atoms with E-state index in [0.717, 1.165) is 47.5 Å². The van der Waals surface area contributed by atoms with E-state index in [1.165, 1.54) is 0 Å². The minimum atomic E-state index is 0.143. The molecule has 0 saturated carbocycles. The molecular formula is C21H21N5O. The minimum Gasteiger partial charge on any atom is -0.493 e. The van der Waals surface area contributed by atoms with Crippen LogP contribution in [0, 0.1) is 0 Å². The van der Waals surface area contributed by atoms with Crippen LogP contribution in [-0.4, -0.2) is 19.9 Å². The number of hydrogen-bond donors (Lipinski definition) is 1. The lowest BCUT2D eigenvalue weighted by Gasteiger charge is -2.05. The minimum absolute atomic E-state index is 0.143. The fourth-order valence-electron chi connectivity index (χ4n) is 3.30. The average Bonchev–Trinajstić information content (AvgIpc) is 2.98. The van der Waals surface area contributed by atoms with Crippen LogP contribution in [-0.2, 0) is 6.54 Å². The van der Waals surface area contributed by atoms with Gasteiger partial charge in [-0.15, -0.1) is 15.3 Å². The van der Waals surface area contributed by atoms with Crippen LogP contribution in [0.5, 0.6) is 5.88 Å². The molecule has 6 heteroatoms. The quantitative estimate of drug-likeness (QED) is 0.344. The van der Waals surface area contributed by atoms with Gasteiger partial charge in [0, 0.05) is 22.7 Å². The first-order valence-corrected chi connectivity index (χ1v) is 9.22. The number of hydrogen-bond acceptors (Lipinski definition) is 5. The highest BCUT2D eigenvalue weighted by molar-refractivity contribution is 5.95. The number of aromatic nitrogens is 3. The summed E-state index contributed by atoms with van der Waals surface area (Å²) in [7, 11) is 0. The van der Waals surface area contributed by atoms with Crippen LogP contribution in [0.3, 0.4) is 0 Å². The molecule has 4 aromatic rings. The average molecular weight is 359 g/mol. The Bertz CT molecular complexity index is 1110.